The van der Waals surface area contributed by atoms with E-state index in [2.05, 4.69) is 6.92 Å². The van der Waals surface area contributed by atoms with Crippen molar-refractivity contribution in [3.05, 3.63) is 23.8 Å². The van der Waals surface area contributed by atoms with Crippen LogP contribution in [0.25, 0.3) is 0 Å². The predicted molar refractivity (Wildman–Crippen MR) is 79.2 cm³/mol. The molecule has 114 valence electrons. The van der Waals surface area contributed by atoms with Crippen LogP contribution in [0, 0.1) is 5.92 Å². The molecule has 2 aliphatic heterocycles. The van der Waals surface area contributed by atoms with Gasteiger partial charge in [-0.2, -0.15) is 0 Å². The Balaban J connectivity index is 1.57. The highest BCUT2D eigenvalue weighted by atomic mass is 16.7. The number of fused-ring (bicyclic) bond motifs is 1. The molecule has 0 bridgehead atoms. The van der Waals surface area contributed by atoms with Crippen LogP contribution in [0.5, 0.6) is 11.5 Å². The summed E-state index contributed by atoms with van der Waals surface area (Å²) in [5.41, 5.74) is 6.91. The van der Waals surface area contributed by atoms with E-state index in [0.29, 0.717) is 12.3 Å². The molecule has 2 N–H and O–H groups in total. The summed E-state index contributed by atoms with van der Waals surface area (Å²) in [6.45, 7) is 3.94. The molecule has 0 radical (unpaired) electrons. The lowest BCUT2D eigenvalue weighted by Gasteiger charge is -2.33. The molecule has 1 fully saturated rings. The number of nitrogens with zero attached hydrogens (tertiary/aromatic N) is 1. The van der Waals surface area contributed by atoms with Gasteiger partial charge in [0, 0.05) is 19.1 Å². The number of nitrogens with two attached hydrogens (primary N) is 1. The fourth-order valence-electron chi connectivity index (χ4n) is 3.01. The van der Waals surface area contributed by atoms with E-state index < -0.39 is 0 Å². The van der Waals surface area contributed by atoms with Gasteiger partial charge in [-0.15, -0.1) is 0 Å². The predicted octanol–water partition coefficient (Wildman–Crippen LogP) is 1.54. The molecule has 1 unspecified atom stereocenters. The minimum absolute atomic E-state index is 0.178. The smallest absolute Gasteiger partial charge is 0.231 e. The first-order valence-corrected chi connectivity index (χ1v) is 7.55. The third-order valence-electron chi connectivity index (χ3n) is 4.43. The first-order valence-electron chi connectivity index (χ1n) is 7.55. The Morgan fingerprint density at radius 2 is 2.05 bits per heavy atom. The summed E-state index contributed by atoms with van der Waals surface area (Å²) >= 11 is 0. The number of piperidine rings is 1. The lowest BCUT2D eigenvalue weighted by molar-refractivity contribution is -0.131. The van der Waals surface area contributed by atoms with Crippen LogP contribution in [0.15, 0.2) is 18.2 Å². The number of carbonyl (C=O) groups is 1. The maximum atomic E-state index is 12.4. The van der Waals surface area contributed by atoms with Crippen LogP contribution >= 0.6 is 0 Å². The van der Waals surface area contributed by atoms with Crippen LogP contribution in [0.2, 0.25) is 0 Å². The SMILES string of the molecule is CC(N)C1CCN(C(=O)Cc2ccc3c(c2)OCO3)CC1. The second-order valence-electron chi connectivity index (χ2n) is 5.94. The van der Waals surface area contributed by atoms with E-state index in [-0.39, 0.29) is 18.7 Å². The summed E-state index contributed by atoms with van der Waals surface area (Å²) in [5.74, 6) is 2.21. The summed E-state index contributed by atoms with van der Waals surface area (Å²) < 4.78 is 10.6. The first-order chi connectivity index (χ1) is 10.1. The fraction of sp³-hybridized carbons (Fsp3) is 0.562. The van der Waals surface area contributed by atoms with Crippen LogP contribution in [0.1, 0.15) is 25.3 Å². The number of benzene rings is 1. The van der Waals surface area contributed by atoms with E-state index in [1.165, 1.54) is 0 Å². The maximum Gasteiger partial charge on any atom is 0.231 e. The number of likely N-dealkylation sites (tertiary alicyclic amines) is 1. The van der Waals surface area contributed by atoms with E-state index in [1.807, 2.05) is 23.1 Å². The molecule has 1 aromatic carbocycles. The summed E-state index contributed by atoms with van der Waals surface area (Å²) in [5, 5.41) is 0. The minimum Gasteiger partial charge on any atom is -0.454 e. The zero-order valence-corrected chi connectivity index (χ0v) is 12.4. The molecule has 0 saturated carbocycles. The standard InChI is InChI=1S/C16H22N2O3/c1-11(17)13-4-6-18(7-5-13)16(19)9-12-2-3-14-15(8-12)21-10-20-14/h2-3,8,11,13H,4-7,9-10,17H2,1H3. The number of ether oxygens (including phenoxy) is 2. The van der Waals surface area contributed by atoms with Gasteiger partial charge in [-0.25, -0.2) is 0 Å². The van der Waals surface area contributed by atoms with Gasteiger partial charge in [-0.05, 0) is 43.4 Å². The normalized spacial score (nSPS) is 19.6. The Bertz CT molecular complexity index is 522. The molecule has 1 saturated heterocycles. The van der Waals surface area contributed by atoms with Crippen molar-refractivity contribution in [3.8, 4) is 11.5 Å². The Hall–Kier alpha value is -1.75. The van der Waals surface area contributed by atoms with Crippen LogP contribution < -0.4 is 15.2 Å². The number of amides is 1. The third-order valence-corrected chi connectivity index (χ3v) is 4.43. The number of carbonyl (C=O) groups excluding carboxylic acids is 1. The molecule has 0 aromatic heterocycles. The highest BCUT2D eigenvalue weighted by Gasteiger charge is 2.25. The highest BCUT2D eigenvalue weighted by molar-refractivity contribution is 5.79. The van der Waals surface area contributed by atoms with Crippen molar-refractivity contribution < 1.29 is 14.3 Å². The molecule has 0 aliphatic carbocycles. The van der Waals surface area contributed by atoms with Crippen molar-refractivity contribution in [3.63, 3.8) is 0 Å². The summed E-state index contributed by atoms with van der Waals surface area (Å²) in [4.78, 5) is 14.3. The molecule has 3 rings (SSSR count). The average Bonchev–Trinajstić information content (AvgIpc) is 2.95. The summed E-state index contributed by atoms with van der Waals surface area (Å²) in [6.07, 6.45) is 2.43. The zero-order valence-electron chi connectivity index (χ0n) is 12.4. The van der Waals surface area contributed by atoms with Gasteiger partial charge >= 0.3 is 0 Å². The van der Waals surface area contributed by atoms with Crippen molar-refractivity contribution in [2.24, 2.45) is 11.7 Å². The molecule has 5 heteroatoms. The quantitative estimate of drug-likeness (QED) is 0.917. The molecule has 2 heterocycles. The fourth-order valence-corrected chi connectivity index (χ4v) is 3.01. The van der Waals surface area contributed by atoms with Gasteiger partial charge in [-0.1, -0.05) is 6.07 Å². The Kier molecular flexibility index (Phi) is 4.01. The average molecular weight is 290 g/mol. The van der Waals surface area contributed by atoms with Crippen molar-refractivity contribution in [2.45, 2.75) is 32.2 Å². The molecule has 5 nitrogen and oxygen atoms in total. The van der Waals surface area contributed by atoms with Crippen LogP contribution in [-0.2, 0) is 11.2 Å². The molecular formula is C16H22N2O3. The van der Waals surface area contributed by atoms with Crippen molar-refractivity contribution >= 4 is 5.91 Å². The molecular weight excluding hydrogens is 268 g/mol. The molecule has 1 amide bonds. The molecule has 0 spiro atoms. The highest BCUT2D eigenvalue weighted by Crippen LogP contribution is 2.32. The lowest BCUT2D eigenvalue weighted by Crippen LogP contribution is -2.43. The molecule has 21 heavy (non-hydrogen) atoms. The van der Waals surface area contributed by atoms with Gasteiger partial charge in [0.05, 0.1) is 6.42 Å². The number of rotatable bonds is 3. The summed E-state index contributed by atoms with van der Waals surface area (Å²) in [6, 6.07) is 5.92. The van der Waals surface area contributed by atoms with E-state index in [1.54, 1.807) is 0 Å². The number of hydrogen-bond acceptors (Lipinski definition) is 4. The second kappa shape index (κ2) is 5.93. The van der Waals surface area contributed by atoms with Gasteiger partial charge in [0.15, 0.2) is 11.5 Å². The van der Waals surface area contributed by atoms with E-state index in [9.17, 15) is 4.79 Å². The van der Waals surface area contributed by atoms with Crippen molar-refractivity contribution in [1.29, 1.82) is 0 Å². The summed E-state index contributed by atoms with van der Waals surface area (Å²) in [7, 11) is 0. The maximum absolute atomic E-state index is 12.4. The van der Waals surface area contributed by atoms with Crippen LogP contribution in [-0.4, -0.2) is 36.7 Å². The van der Waals surface area contributed by atoms with Gasteiger partial charge in [0.25, 0.3) is 0 Å². The van der Waals surface area contributed by atoms with Gasteiger partial charge in [-0.3, -0.25) is 4.79 Å². The Labute approximate surface area is 125 Å². The van der Waals surface area contributed by atoms with Crippen LogP contribution in [0.4, 0.5) is 0 Å². The second-order valence-corrected chi connectivity index (χ2v) is 5.94. The molecule has 1 atom stereocenters. The monoisotopic (exact) mass is 290 g/mol. The van der Waals surface area contributed by atoms with E-state index in [4.69, 9.17) is 15.2 Å². The van der Waals surface area contributed by atoms with Gasteiger partial charge in [0.1, 0.15) is 0 Å². The van der Waals surface area contributed by atoms with Crippen molar-refractivity contribution in [2.75, 3.05) is 19.9 Å². The zero-order chi connectivity index (χ0) is 14.8. The van der Waals surface area contributed by atoms with Gasteiger partial charge in [0.2, 0.25) is 12.7 Å². The van der Waals surface area contributed by atoms with Crippen LogP contribution in [0.3, 0.4) is 0 Å². The lowest BCUT2D eigenvalue weighted by atomic mass is 9.91. The minimum atomic E-state index is 0.178. The Morgan fingerprint density at radius 3 is 2.76 bits per heavy atom. The largest absolute Gasteiger partial charge is 0.454 e. The topological polar surface area (TPSA) is 64.8 Å². The Morgan fingerprint density at radius 1 is 1.33 bits per heavy atom. The number of hydrogen-bond donors (Lipinski definition) is 1. The van der Waals surface area contributed by atoms with E-state index >= 15 is 0 Å². The third kappa shape index (κ3) is 3.13. The molecule has 1 aromatic rings. The van der Waals surface area contributed by atoms with E-state index in [0.717, 1.165) is 43.0 Å². The molecule has 2 aliphatic rings. The first kappa shape index (κ1) is 14.2. The van der Waals surface area contributed by atoms with Crippen molar-refractivity contribution in [1.82, 2.24) is 4.90 Å². The van der Waals surface area contributed by atoms with Gasteiger partial charge < -0.3 is 20.1 Å².